The monoisotopic (exact) mass is 1020 g/mol. The Bertz CT molecular complexity index is 2940. The molecule has 2 aromatic heterocycles. The molecule has 3 atom stereocenters. The van der Waals surface area contributed by atoms with Crippen LogP contribution in [0.2, 0.25) is 0 Å². The van der Waals surface area contributed by atoms with Gasteiger partial charge in [-0.2, -0.15) is 4.98 Å². The maximum absolute atomic E-state index is 14.7. The molecule has 1 spiro atoms. The number of sulfonamides is 1. The van der Waals surface area contributed by atoms with Gasteiger partial charge in [-0.05, 0) is 149 Å². The number of piperidine rings is 1. The molecule has 3 saturated heterocycles. The molecule has 6 heterocycles. The van der Waals surface area contributed by atoms with Crippen LogP contribution in [-0.2, 0) is 19.5 Å². The molecule has 18 heteroatoms. The Labute approximate surface area is 428 Å². The minimum Gasteiger partial charge on any atom is -0.468 e. The minimum absolute atomic E-state index is 0. The zero-order chi connectivity index (χ0) is 49.2. The summed E-state index contributed by atoms with van der Waals surface area (Å²) in [6, 6.07) is 22.9. The Morgan fingerprint density at radius 3 is 2.50 bits per heavy atom. The van der Waals surface area contributed by atoms with Gasteiger partial charge in [0.25, 0.3) is 21.6 Å². The first-order valence-corrected chi connectivity index (χ1v) is 27.1. The third-order valence-corrected chi connectivity index (χ3v) is 18.4. The van der Waals surface area contributed by atoms with Gasteiger partial charge in [0.1, 0.15) is 23.1 Å². The fraction of sp³-hybridized carbons (Fsp3) is 0.519. The predicted octanol–water partition coefficient (Wildman–Crippen LogP) is 10.0. The summed E-state index contributed by atoms with van der Waals surface area (Å²) in [5, 5.41) is 16.4. The van der Waals surface area contributed by atoms with Gasteiger partial charge in [0.2, 0.25) is 5.88 Å². The van der Waals surface area contributed by atoms with E-state index < -0.39 is 37.5 Å². The van der Waals surface area contributed by atoms with Crippen molar-refractivity contribution in [3.05, 3.63) is 106 Å². The third kappa shape index (κ3) is 9.39. The van der Waals surface area contributed by atoms with Crippen molar-refractivity contribution in [2.45, 2.75) is 126 Å². The van der Waals surface area contributed by atoms with Gasteiger partial charge in [-0.1, -0.05) is 38.1 Å². The molecule has 2 saturated carbocycles. The van der Waals surface area contributed by atoms with E-state index in [-0.39, 0.29) is 41.2 Å². The van der Waals surface area contributed by atoms with Crippen molar-refractivity contribution >= 4 is 67.8 Å². The molecule has 5 fully saturated rings. The van der Waals surface area contributed by atoms with E-state index in [0.29, 0.717) is 66.1 Å². The summed E-state index contributed by atoms with van der Waals surface area (Å²) in [5.74, 6) is 0.278. The summed E-state index contributed by atoms with van der Waals surface area (Å²) < 4.78 is 48.7. The maximum Gasteiger partial charge on any atom is 0.293 e. The number of ether oxygens (including phenoxy) is 3. The van der Waals surface area contributed by atoms with Crippen molar-refractivity contribution < 1.29 is 32.3 Å². The molecule has 384 valence electrons. The number of nitrogens with one attached hydrogen (secondary N) is 3. The Balaban J connectivity index is 0.00000596. The van der Waals surface area contributed by atoms with Crippen LogP contribution in [0, 0.1) is 21.4 Å². The van der Waals surface area contributed by atoms with Crippen LogP contribution in [0.4, 0.5) is 28.4 Å². The normalized spacial score (nSPS) is 25.1. The molecular weight excluding hydrogens is 956 g/mol. The average molecular weight is 1020 g/mol. The first kappa shape index (κ1) is 50.1. The predicted molar refractivity (Wildman–Crippen MR) is 281 cm³/mol. The number of pyridine rings is 1. The van der Waals surface area contributed by atoms with Crippen LogP contribution < -0.4 is 24.6 Å². The van der Waals surface area contributed by atoms with Crippen molar-refractivity contribution in [2.75, 3.05) is 61.6 Å². The Hall–Kier alpha value is -5.46. The summed E-state index contributed by atoms with van der Waals surface area (Å²) in [5.41, 5.74) is 5.72. The van der Waals surface area contributed by atoms with E-state index in [1.54, 1.807) is 13.2 Å². The molecule has 2 aliphatic carbocycles. The summed E-state index contributed by atoms with van der Waals surface area (Å²) in [6.07, 6.45) is 11.9. The summed E-state index contributed by atoms with van der Waals surface area (Å²) in [6.45, 7) is 10.7. The fourth-order valence-corrected chi connectivity index (χ4v) is 13.7. The Kier molecular flexibility index (Phi) is 13.7. The number of nitrogens with zero attached hydrogens (tertiary/aromatic N) is 5. The van der Waals surface area contributed by atoms with Crippen molar-refractivity contribution in [2.24, 2.45) is 11.3 Å². The second kappa shape index (κ2) is 19.8. The van der Waals surface area contributed by atoms with Crippen LogP contribution in [0.25, 0.3) is 11.0 Å². The van der Waals surface area contributed by atoms with Crippen molar-refractivity contribution in [1.29, 1.82) is 0 Å². The number of anilines is 4. The number of hydrogen-bond donors (Lipinski definition) is 3. The number of aromatic nitrogens is 2. The lowest BCUT2D eigenvalue weighted by atomic mass is 9.59. The standard InChI is InChI=1S/C54H66N8O8S.ClH/c1-34(2)40-8-5-6-9-41(40)44-10-7-23-60(44)38-29-54(30-38)20-24-59(25-21-54)37-11-13-42(45(27-37)61-47-26-36-17-22-55-50(36)57-52(47)70-49-33-69-32-48(49)61)51(63)58-71(66,67)39-12-14-43(46(28-39)62(64)65)56-31-35-15-18-53(3,68-4)19-16-35;/h5-6,8-9,11-14,17,22,26-28,34-35,38,44,48-49,56H,7,10,15-16,18-21,23-25,29-33H2,1-4H3,(H,55,57)(H,58,63);1H/t35-,44-,48+,49+,53-;/m0./s1. The number of hydrogen-bond acceptors (Lipinski definition) is 13. The highest BCUT2D eigenvalue weighted by atomic mass is 35.5. The zero-order valence-electron chi connectivity index (χ0n) is 41.6. The van der Waals surface area contributed by atoms with Gasteiger partial charge in [-0.25, -0.2) is 13.1 Å². The van der Waals surface area contributed by atoms with E-state index in [2.05, 4.69) is 69.9 Å². The van der Waals surface area contributed by atoms with Crippen LogP contribution in [-0.4, -0.2) is 104 Å². The highest BCUT2D eigenvalue weighted by molar-refractivity contribution is 7.90. The lowest BCUT2D eigenvalue weighted by Crippen LogP contribution is -2.55. The topological polar surface area (TPSA) is 184 Å². The van der Waals surface area contributed by atoms with Crippen LogP contribution in [0.5, 0.6) is 5.88 Å². The number of halogens is 1. The van der Waals surface area contributed by atoms with Crippen LogP contribution in [0.15, 0.2) is 83.9 Å². The highest BCUT2D eigenvalue weighted by Crippen LogP contribution is 2.55. The first-order chi connectivity index (χ1) is 34.2. The van der Waals surface area contributed by atoms with E-state index in [4.69, 9.17) is 19.2 Å². The molecule has 16 nitrogen and oxygen atoms in total. The summed E-state index contributed by atoms with van der Waals surface area (Å²) in [7, 11) is -2.88. The van der Waals surface area contributed by atoms with Crippen molar-refractivity contribution in [1.82, 2.24) is 19.6 Å². The summed E-state index contributed by atoms with van der Waals surface area (Å²) in [4.78, 5) is 41.3. The number of nitro groups is 1. The Morgan fingerprint density at radius 1 is 0.972 bits per heavy atom. The molecule has 1 amide bonds. The van der Waals surface area contributed by atoms with E-state index in [9.17, 15) is 23.3 Å². The molecule has 4 aliphatic heterocycles. The van der Waals surface area contributed by atoms with E-state index in [1.807, 2.05) is 35.4 Å². The van der Waals surface area contributed by atoms with Gasteiger partial charge in [0.15, 0.2) is 0 Å². The lowest BCUT2D eigenvalue weighted by Gasteiger charge is -2.56. The van der Waals surface area contributed by atoms with Crippen LogP contribution >= 0.6 is 12.4 Å². The molecule has 72 heavy (non-hydrogen) atoms. The number of aromatic amines is 1. The number of amides is 1. The quantitative estimate of drug-likeness (QED) is 0.0749. The van der Waals surface area contributed by atoms with Gasteiger partial charge in [-0.3, -0.25) is 19.8 Å². The first-order valence-electron chi connectivity index (χ1n) is 25.6. The van der Waals surface area contributed by atoms with Gasteiger partial charge in [0.05, 0.1) is 45.9 Å². The number of fused-ring (bicyclic) bond motifs is 3. The number of likely N-dealkylation sites (tertiary alicyclic amines) is 1. The number of rotatable bonds is 13. The van der Waals surface area contributed by atoms with E-state index >= 15 is 0 Å². The maximum atomic E-state index is 14.7. The average Bonchev–Trinajstić information content (AvgIpc) is 4.16. The number of methoxy groups -OCH3 is 1. The number of benzene rings is 3. The van der Waals surface area contributed by atoms with Crippen molar-refractivity contribution in [3.63, 3.8) is 0 Å². The smallest absolute Gasteiger partial charge is 0.293 e. The molecule has 3 N–H and O–H groups in total. The SMILES string of the molecule is CO[C@]1(C)CC[C@@H](CNc2ccc(S(=O)(=O)NC(=O)c3ccc(N4CCC5(CC4)CC(N4CCC[C@H]4c4ccccc4C(C)C)C5)cc3N3c4cc5cc[nH]c5nc4O[C@@H]4COC[C@H]43)cc2[N+](=O)[O-])CC1.Cl. The Morgan fingerprint density at radius 2 is 1.75 bits per heavy atom. The molecule has 0 unspecified atom stereocenters. The van der Waals surface area contributed by atoms with Gasteiger partial charge >= 0.3 is 0 Å². The second-order valence-electron chi connectivity index (χ2n) is 21.6. The van der Waals surface area contributed by atoms with Crippen LogP contribution in [0.1, 0.15) is 118 Å². The highest BCUT2D eigenvalue weighted by Gasteiger charge is 2.50. The number of H-pyrrole nitrogens is 1. The van der Waals surface area contributed by atoms with Gasteiger partial charge in [-0.15, -0.1) is 12.4 Å². The molecule has 6 aliphatic rings. The molecule has 0 radical (unpaired) electrons. The number of carbonyl (C=O) groups is 1. The molecule has 3 aromatic carbocycles. The number of carbonyl (C=O) groups excluding carboxylic acids is 1. The van der Waals surface area contributed by atoms with Gasteiger partial charge in [0, 0.05) is 62.2 Å². The van der Waals surface area contributed by atoms with E-state index in [0.717, 1.165) is 75.3 Å². The molecule has 5 aromatic rings. The molecule has 0 bridgehead atoms. The van der Waals surface area contributed by atoms with E-state index in [1.165, 1.54) is 48.9 Å². The second-order valence-corrected chi connectivity index (χ2v) is 23.3. The van der Waals surface area contributed by atoms with Crippen LogP contribution in [0.3, 0.4) is 0 Å². The van der Waals surface area contributed by atoms with Crippen molar-refractivity contribution in [3.8, 4) is 5.88 Å². The fourth-order valence-electron chi connectivity index (χ4n) is 12.7. The number of nitro benzene ring substituents is 1. The summed E-state index contributed by atoms with van der Waals surface area (Å²) >= 11 is 0. The molecular formula is C54H67ClN8O8S. The molecule has 11 rings (SSSR count). The minimum atomic E-state index is -4.60. The van der Waals surface area contributed by atoms with Gasteiger partial charge < -0.3 is 34.3 Å². The zero-order valence-corrected chi connectivity index (χ0v) is 43.2. The lowest BCUT2D eigenvalue weighted by molar-refractivity contribution is -0.384. The largest absolute Gasteiger partial charge is 0.468 e. The third-order valence-electron chi connectivity index (χ3n) is 17.0.